The van der Waals surface area contributed by atoms with Crippen LogP contribution in [0.5, 0.6) is 0 Å². The van der Waals surface area contributed by atoms with Gasteiger partial charge in [-0.05, 0) is 44.8 Å². The number of aromatic amines is 1. The summed E-state index contributed by atoms with van der Waals surface area (Å²) in [5.74, 6) is 0.0645. The highest BCUT2D eigenvalue weighted by Crippen LogP contribution is 2.36. The molecule has 0 atom stereocenters. The smallest absolute Gasteiger partial charge is 0.375 e. The molecule has 0 unspecified atom stereocenters. The van der Waals surface area contributed by atoms with Crippen molar-refractivity contribution >= 4 is 49.2 Å². The maximum Gasteiger partial charge on any atom is 0.375 e. The Balaban J connectivity index is 2.30. The van der Waals surface area contributed by atoms with Crippen LogP contribution in [-0.2, 0) is 4.74 Å². The molecule has 2 aromatic rings. The molecule has 0 fully saturated rings. The summed E-state index contributed by atoms with van der Waals surface area (Å²) < 4.78 is 6.68. The van der Waals surface area contributed by atoms with E-state index in [2.05, 4.69) is 47.0 Å². The first-order valence-electron chi connectivity index (χ1n) is 4.66. The van der Waals surface area contributed by atoms with Crippen molar-refractivity contribution in [2.45, 2.75) is 6.92 Å². The second-order valence-electron chi connectivity index (χ2n) is 2.97. The minimum Gasteiger partial charge on any atom is -0.460 e. The van der Waals surface area contributed by atoms with Gasteiger partial charge in [0.1, 0.15) is 0 Å². The monoisotopic (exact) mass is 379 g/mol. The molecule has 90 valence electrons. The number of nitrogens with one attached hydrogen (secondary N) is 1. The van der Waals surface area contributed by atoms with Crippen LogP contribution in [0.1, 0.15) is 17.5 Å². The molecule has 5 nitrogen and oxygen atoms in total. The largest absolute Gasteiger partial charge is 0.460 e. The molecular formula is C9H7Br2N3O2S. The highest BCUT2D eigenvalue weighted by atomic mass is 79.9. The molecule has 8 heteroatoms. The van der Waals surface area contributed by atoms with Crippen LogP contribution in [0.2, 0.25) is 0 Å². The van der Waals surface area contributed by atoms with Crippen LogP contribution >= 0.6 is 43.2 Å². The zero-order chi connectivity index (χ0) is 12.4. The summed E-state index contributed by atoms with van der Waals surface area (Å²) in [6.07, 6.45) is 0. The fraction of sp³-hybridized carbons (Fsp3) is 0.222. The molecule has 2 heterocycles. The van der Waals surface area contributed by atoms with E-state index in [1.165, 1.54) is 11.3 Å². The van der Waals surface area contributed by atoms with E-state index in [1.54, 1.807) is 6.92 Å². The molecule has 0 aliphatic rings. The van der Waals surface area contributed by atoms with Crippen LogP contribution in [0.25, 0.3) is 11.4 Å². The number of rotatable bonds is 3. The molecule has 0 spiro atoms. The molecule has 0 aliphatic carbocycles. The standard InChI is InChI=1S/C9H7Br2N3O2S/c1-2-16-9(15)8-12-7(13-14-8)4-3-5(10)17-6(4)11/h3H,2H2,1H3,(H,12,13,14). The van der Waals surface area contributed by atoms with Gasteiger partial charge in [0.15, 0.2) is 5.82 Å². The SMILES string of the molecule is CCOC(=O)c1nc(-c2cc(Br)sc2Br)n[nH]1. The number of H-pyrrole nitrogens is 1. The molecule has 0 amide bonds. The first-order valence-corrected chi connectivity index (χ1v) is 7.06. The molecule has 1 N–H and O–H groups in total. The Morgan fingerprint density at radius 3 is 2.94 bits per heavy atom. The fourth-order valence-corrected chi connectivity index (χ4v) is 3.95. The predicted molar refractivity (Wildman–Crippen MR) is 71.1 cm³/mol. The van der Waals surface area contributed by atoms with Crippen LogP contribution in [0.4, 0.5) is 0 Å². The number of aromatic nitrogens is 3. The number of hydrogen-bond donors (Lipinski definition) is 1. The maximum absolute atomic E-state index is 11.4. The van der Waals surface area contributed by atoms with E-state index in [0.717, 1.165) is 13.1 Å². The summed E-state index contributed by atoms with van der Waals surface area (Å²) >= 11 is 8.30. The molecule has 0 saturated carbocycles. The van der Waals surface area contributed by atoms with Crippen molar-refractivity contribution in [1.29, 1.82) is 0 Å². The number of hydrogen-bond acceptors (Lipinski definition) is 5. The first kappa shape index (κ1) is 12.7. The number of nitrogens with zero attached hydrogens (tertiary/aromatic N) is 2. The second-order valence-corrected chi connectivity index (χ2v) is 6.72. The van der Waals surface area contributed by atoms with E-state index in [4.69, 9.17) is 4.74 Å². The van der Waals surface area contributed by atoms with Gasteiger partial charge in [0.05, 0.1) is 14.2 Å². The zero-order valence-electron chi connectivity index (χ0n) is 8.66. The normalized spacial score (nSPS) is 10.5. The van der Waals surface area contributed by atoms with Crippen molar-refractivity contribution in [1.82, 2.24) is 15.2 Å². The Morgan fingerprint density at radius 2 is 2.35 bits per heavy atom. The van der Waals surface area contributed by atoms with Crippen molar-refractivity contribution in [2.24, 2.45) is 0 Å². The van der Waals surface area contributed by atoms with Gasteiger partial charge in [-0.2, -0.15) is 5.10 Å². The van der Waals surface area contributed by atoms with Gasteiger partial charge in [0.25, 0.3) is 0 Å². The topological polar surface area (TPSA) is 67.9 Å². The third-order valence-corrected chi connectivity index (χ3v) is 4.19. The lowest BCUT2D eigenvalue weighted by Crippen LogP contribution is -2.06. The van der Waals surface area contributed by atoms with Gasteiger partial charge in [-0.25, -0.2) is 9.78 Å². The minimum atomic E-state index is -0.503. The van der Waals surface area contributed by atoms with Crippen molar-refractivity contribution in [2.75, 3.05) is 6.61 Å². The Bertz CT molecular complexity index is 552. The summed E-state index contributed by atoms with van der Waals surface area (Å²) in [4.78, 5) is 15.5. The molecule has 0 aromatic carbocycles. The first-order chi connectivity index (χ1) is 8.11. The van der Waals surface area contributed by atoms with Gasteiger partial charge in [0, 0.05) is 5.56 Å². The van der Waals surface area contributed by atoms with Gasteiger partial charge in [-0.15, -0.1) is 11.3 Å². The summed E-state index contributed by atoms with van der Waals surface area (Å²) in [7, 11) is 0. The Morgan fingerprint density at radius 1 is 1.59 bits per heavy atom. The average molecular weight is 381 g/mol. The summed E-state index contributed by atoms with van der Waals surface area (Å²) in [5, 5.41) is 6.54. The zero-order valence-corrected chi connectivity index (χ0v) is 12.6. The molecule has 0 radical (unpaired) electrons. The number of ether oxygens (including phenoxy) is 1. The third-order valence-electron chi connectivity index (χ3n) is 1.85. The highest BCUT2D eigenvalue weighted by Gasteiger charge is 2.16. The number of esters is 1. The van der Waals surface area contributed by atoms with E-state index >= 15 is 0 Å². The van der Waals surface area contributed by atoms with E-state index in [9.17, 15) is 4.79 Å². The van der Waals surface area contributed by atoms with Gasteiger partial charge in [0.2, 0.25) is 5.82 Å². The van der Waals surface area contributed by atoms with Gasteiger partial charge < -0.3 is 4.74 Å². The summed E-state index contributed by atoms with van der Waals surface area (Å²) in [5.41, 5.74) is 0.827. The van der Waals surface area contributed by atoms with E-state index in [-0.39, 0.29) is 5.82 Å². The molecular weight excluding hydrogens is 374 g/mol. The van der Waals surface area contributed by atoms with Gasteiger partial charge in [-0.3, -0.25) is 5.10 Å². The van der Waals surface area contributed by atoms with E-state index in [0.29, 0.717) is 12.4 Å². The van der Waals surface area contributed by atoms with Crippen molar-refractivity contribution < 1.29 is 9.53 Å². The number of halogens is 2. The number of carbonyl (C=O) groups excluding carboxylic acids is 1. The van der Waals surface area contributed by atoms with Crippen LogP contribution < -0.4 is 0 Å². The lowest BCUT2D eigenvalue weighted by atomic mass is 10.3. The molecule has 0 aliphatic heterocycles. The van der Waals surface area contributed by atoms with Crippen LogP contribution in [0, 0.1) is 0 Å². The van der Waals surface area contributed by atoms with Crippen molar-refractivity contribution in [3.63, 3.8) is 0 Å². The Hall–Kier alpha value is -0.730. The lowest BCUT2D eigenvalue weighted by molar-refractivity contribution is 0.0512. The number of carbonyl (C=O) groups is 1. The van der Waals surface area contributed by atoms with Crippen LogP contribution in [-0.4, -0.2) is 27.8 Å². The molecule has 17 heavy (non-hydrogen) atoms. The Labute approximate surface area is 118 Å². The molecule has 2 aromatic heterocycles. The number of thiophene rings is 1. The maximum atomic E-state index is 11.4. The molecule has 2 rings (SSSR count). The van der Waals surface area contributed by atoms with Gasteiger partial charge in [-0.1, -0.05) is 0 Å². The van der Waals surface area contributed by atoms with Crippen molar-refractivity contribution in [3.05, 3.63) is 19.5 Å². The molecule has 0 bridgehead atoms. The van der Waals surface area contributed by atoms with Gasteiger partial charge >= 0.3 is 5.97 Å². The highest BCUT2D eigenvalue weighted by molar-refractivity contribution is 9.12. The molecule has 0 saturated heterocycles. The summed E-state index contributed by atoms with van der Waals surface area (Å²) in [6, 6.07) is 1.88. The van der Waals surface area contributed by atoms with E-state index in [1.807, 2.05) is 6.07 Å². The minimum absolute atomic E-state index is 0.107. The summed E-state index contributed by atoms with van der Waals surface area (Å²) in [6.45, 7) is 2.05. The van der Waals surface area contributed by atoms with Crippen molar-refractivity contribution in [3.8, 4) is 11.4 Å². The third kappa shape index (κ3) is 2.75. The van der Waals surface area contributed by atoms with Crippen LogP contribution in [0.3, 0.4) is 0 Å². The fourth-order valence-electron chi connectivity index (χ4n) is 1.17. The lowest BCUT2D eigenvalue weighted by Gasteiger charge is -1.95. The second kappa shape index (κ2) is 5.28. The van der Waals surface area contributed by atoms with E-state index < -0.39 is 5.97 Å². The predicted octanol–water partition coefficient (Wildman–Crippen LogP) is 3.23. The quantitative estimate of drug-likeness (QED) is 0.830. The van der Waals surface area contributed by atoms with Crippen LogP contribution in [0.15, 0.2) is 13.6 Å². The average Bonchev–Trinajstić information content (AvgIpc) is 2.85. The Kier molecular flexibility index (Phi) is 3.95.